The number of benzene rings is 2. The van der Waals surface area contributed by atoms with Crippen molar-refractivity contribution < 1.29 is 65.6 Å². The smallest absolute Gasteiger partial charge is 0.303 e. The van der Waals surface area contributed by atoms with Gasteiger partial charge in [-0.15, -0.1) is 23.2 Å². The van der Waals surface area contributed by atoms with E-state index in [-0.39, 0.29) is 53.3 Å². The topological polar surface area (TPSA) is 151 Å². The molecule has 2 aromatic carbocycles. The van der Waals surface area contributed by atoms with E-state index in [2.05, 4.69) is 0 Å². The van der Waals surface area contributed by atoms with E-state index in [1.807, 2.05) is 0 Å². The van der Waals surface area contributed by atoms with Gasteiger partial charge < -0.3 is 19.7 Å². The summed E-state index contributed by atoms with van der Waals surface area (Å²) in [5, 5.41) is 19.4. The van der Waals surface area contributed by atoms with Crippen LogP contribution in [0.1, 0.15) is 37.2 Å². The van der Waals surface area contributed by atoms with Crippen molar-refractivity contribution in [1.82, 2.24) is 4.90 Å². The minimum Gasteiger partial charge on any atom is -0.508 e. The van der Waals surface area contributed by atoms with Gasteiger partial charge in [0.05, 0.1) is 26.1 Å². The van der Waals surface area contributed by atoms with Crippen molar-refractivity contribution in [1.29, 1.82) is 0 Å². The molecule has 2 aliphatic carbocycles. The monoisotopic (exact) mass is 746 g/mol. The molecular formula is C32H25Cl2F5N2O9. The second-order valence-corrected chi connectivity index (χ2v) is 13.5. The van der Waals surface area contributed by atoms with Crippen LogP contribution in [-0.2, 0) is 24.0 Å². The fraction of sp³-hybridized carbons (Fsp3) is 0.406. The van der Waals surface area contributed by atoms with Crippen molar-refractivity contribution in [2.75, 3.05) is 25.7 Å². The number of rotatable bonds is 8. The average molecular weight is 747 g/mol. The number of nitrogens with zero attached hydrogens (tertiary/aromatic N) is 2. The lowest BCUT2D eigenvalue weighted by molar-refractivity contribution is -0.142. The van der Waals surface area contributed by atoms with Gasteiger partial charge in [0.1, 0.15) is 22.9 Å². The Labute approximate surface area is 289 Å². The Hall–Kier alpha value is -4.44. The van der Waals surface area contributed by atoms with Gasteiger partial charge in [0, 0.05) is 36.6 Å². The number of halogens is 7. The molecule has 0 spiro atoms. The average Bonchev–Trinajstić information content (AvgIpc) is 3.40. The first-order chi connectivity index (χ1) is 23.5. The molecule has 18 heteroatoms. The van der Waals surface area contributed by atoms with E-state index in [0.717, 1.165) is 31.3 Å². The first kappa shape index (κ1) is 35.4. The highest BCUT2D eigenvalue weighted by Gasteiger charge is 2.77. The summed E-state index contributed by atoms with van der Waals surface area (Å²) < 4.78 is 84.3. The van der Waals surface area contributed by atoms with Gasteiger partial charge in [-0.2, -0.15) is 0 Å². The normalized spacial score (nSPS) is 28.8. The number of ether oxygens (including phenoxy) is 2. The molecule has 2 aromatic rings. The van der Waals surface area contributed by atoms with Crippen LogP contribution in [0, 0.1) is 46.8 Å². The number of imide groups is 2. The molecule has 4 amide bonds. The third-order valence-corrected chi connectivity index (χ3v) is 11.3. The largest absolute Gasteiger partial charge is 0.508 e. The van der Waals surface area contributed by atoms with Crippen molar-refractivity contribution >= 4 is 58.5 Å². The summed E-state index contributed by atoms with van der Waals surface area (Å²) in [5.74, 6) is -24.5. The number of hydrogen-bond donors (Lipinski definition) is 2. The predicted octanol–water partition coefficient (Wildman–Crippen LogP) is 4.53. The highest BCUT2D eigenvalue weighted by atomic mass is 35.5. The molecule has 1 saturated carbocycles. The number of methoxy groups -OCH3 is 2. The molecule has 2 aliphatic heterocycles. The summed E-state index contributed by atoms with van der Waals surface area (Å²) in [7, 11) is 2.32. The minimum atomic E-state index is -2.84. The highest BCUT2D eigenvalue weighted by molar-refractivity contribution is 6.58. The van der Waals surface area contributed by atoms with Gasteiger partial charge in [0.15, 0.2) is 33.0 Å². The van der Waals surface area contributed by atoms with Gasteiger partial charge in [-0.25, -0.2) is 26.9 Å². The van der Waals surface area contributed by atoms with Crippen molar-refractivity contribution in [3.05, 3.63) is 58.4 Å². The van der Waals surface area contributed by atoms with Crippen LogP contribution in [0.25, 0.3) is 0 Å². The molecule has 2 N–H and O–H groups in total. The first-order valence-corrected chi connectivity index (χ1v) is 15.7. The van der Waals surface area contributed by atoms with Crippen molar-refractivity contribution in [2.45, 2.75) is 41.3 Å². The Balaban J connectivity index is 1.59. The van der Waals surface area contributed by atoms with Gasteiger partial charge in [-0.3, -0.25) is 28.9 Å². The van der Waals surface area contributed by atoms with Crippen LogP contribution < -0.4 is 14.4 Å². The molecular weight excluding hydrogens is 722 g/mol. The molecule has 2 heterocycles. The van der Waals surface area contributed by atoms with E-state index in [9.17, 15) is 42.3 Å². The minimum absolute atomic E-state index is 0.0736. The second-order valence-electron chi connectivity index (χ2n) is 12.3. The summed E-state index contributed by atoms with van der Waals surface area (Å²) in [6.45, 7) is -0.251. The number of phenols is 1. The number of carboxylic acids is 1. The molecule has 6 atom stereocenters. The summed E-state index contributed by atoms with van der Waals surface area (Å²) in [4.78, 5) is 62.2. The van der Waals surface area contributed by atoms with Crippen molar-refractivity contribution in [2.24, 2.45) is 17.8 Å². The van der Waals surface area contributed by atoms with E-state index < -0.39 is 110 Å². The first-order valence-electron chi connectivity index (χ1n) is 15.0. The van der Waals surface area contributed by atoms with Crippen molar-refractivity contribution in [3.8, 4) is 17.2 Å². The Bertz CT molecular complexity index is 1890. The standard InChI is InChI=1S/C32H25Cl2F5N2O9/c1-49-15-8-11(42)9-16(50-2)19(15)20-12-5-6-13-18(28(46)40(27(13)45)7-3-4-17(43)44)14(12)10-31(33)29(47)41(30(48)32(20,31)34)26-24(38)22(36)21(35)23(37)25(26)39/h5,8-9,13-14,18,20,42H,3-4,6-7,10H2,1-2H3,(H,43,44)/t13-,14+,18-,20+,31+,32-/m0/s1. The molecule has 6 rings (SSSR count). The van der Waals surface area contributed by atoms with Gasteiger partial charge in [0.25, 0.3) is 11.8 Å². The number of aliphatic carboxylic acids is 1. The lowest BCUT2D eigenvalue weighted by Gasteiger charge is -2.51. The fourth-order valence-electron chi connectivity index (χ4n) is 7.77. The Morgan fingerprint density at radius 1 is 0.900 bits per heavy atom. The number of allylic oxidation sites excluding steroid dienone is 2. The van der Waals surface area contributed by atoms with E-state index in [4.69, 9.17) is 37.8 Å². The van der Waals surface area contributed by atoms with Gasteiger partial charge >= 0.3 is 5.97 Å². The molecule has 11 nitrogen and oxygen atoms in total. The number of alkyl halides is 2. The number of hydrogen-bond acceptors (Lipinski definition) is 8. The summed E-state index contributed by atoms with van der Waals surface area (Å²) in [6.07, 6.45) is 0.194. The Morgan fingerprint density at radius 3 is 2.00 bits per heavy atom. The number of aromatic hydroxyl groups is 1. The van der Waals surface area contributed by atoms with Crippen LogP contribution in [0.5, 0.6) is 17.2 Å². The van der Waals surface area contributed by atoms with Gasteiger partial charge in [0.2, 0.25) is 17.6 Å². The molecule has 0 aromatic heterocycles. The maximum absolute atomic E-state index is 15.2. The third kappa shape index (κ3) is 4.63. The molecule has 0 bridgehead atoms. The number of carbonyl (C=O) groups excluding carboxylic acids is 4. The number of anilines is 1. The summed E-state index contributed by atoms with van der Waals surface area (Å²) in [6, 6.07) is 2.17. The van der Waals surface area contributed by atoms with Crippen LogP contribution in [-0.4, -0.2) is 75.2 Å². The lowest BCUT2D eigenvalue weighted by Crippen LogP contribution is -2.60. The predicted molar refractivity (Wildman–Crippen MR) is 161 cm³/mol. The number of likely N-dealkylation sites (tertiary alicyclic amines) is 1. The molecule has 0 unspecified atom stereocenters. The molecule has 50 heavy (non-hydrogen) atoms. The van der Waals surface area contributed by atoms with E-state index in [1.54, 1.807) is 0 Å². The van der Waals surface area contributed by atoms with Crippen LogP contribution in [0.15, 0.2) is 23.8 Å². The number of carboxylic acid groups (broad SMARTS) is 1. The van der Waals surface area contributed by atoms with Crippen molar-refractivity contribution in [3.63, 3.8) is 0 Å². The number of carbonyl (C=O) groups is 5. The zero-order chi connectivity index (χ0) is 36.8. The van der Waals surface area contributed by atoms with E-state index >= 15 is 8.78 Å². The van der Waals surface area contributed by atoms with Crippen LogP contribution in [0.2, 0.25) is 0 Å². The van der Waals surface area contributed by atoms with Crippen LogP contribution >= 0.6 is 23.2 Å². The third-order valence-electron chi connectivity index (χ3n) is 9.90. The number of fused-ring (bicyclic) bond motifs is 4. The lowest BCUT2D eigenvalue weighted by atomic mass is 9.56. The van der Waals surface area contributed by atoms with Gasteiger partial charge in [-0.05, 0) is 25.2 Å². The van der Waals surface area contributed by atoms with E-state index in [0.29, 0.717) is 0 Å². The maximum Gasteiger partial charge on any atom is 0.303 e. The Kier molecular flexibility index (Phi) is 8.57. The fourth-order valence-corrected chi connectivity index (χ4v) is 8.69. The van der Waals surface area contributed by atoms with Crippen LogP contribution in [0.4, 0.5) is 27.6 Å². The zero-order valence-corrected chi connectivity index (χ0v) is 27.4. The zero-order valence-electron chi connectivity index (χ0n) is 25.9. The SMILES string of the molecule is COc1cc(O)cc(OC)c1[C@H]1C2=CC[C@@H]3C(=O)N(CCCC(=O)O)C(=O)[C@@H]3[C@@H]2C[C@@]2(Cl)C(=O)N(c3c(F)c(F)c(F)c(F)c3F)C(=O)[C@@]12Cl. The molecule has 3 fully saturated rings. The quantitative estimate of drug-likeness (QED) is 0.0992. The molecule has 266 valence electrons. The summed E-state index contributed by atoms with van der Waals surface area (Å²) >= 11 is 14.2. The molecule has 0 radical (unpaired) electrons. The van der Waals surface area contributed by atoms with Gasteiger partial charge in [-0.1, -0.05) is 11.6 Å². The number of amides is 4. The number of phenolic OH excluding ortho intramolecular Hbond substituents is 1. The molecule has 4 aliphatic rings. The molecule has 2 saturated heterocycles. The Morgan fingerprint density at radius 2 is 1.46 bits per heavy atom. The van der Waals surface area contributed by atoms with Crippen LogP contribution in [0.3, 0.4) is 0 Å². The summed E-state index contributed by atoms with van der Waals surface area (Å²) in [5.41, 5.74) is -1.94. The highest BCUT2D eigenvalue weighted by Crippen LogP contribution is 2.67. The van der Waals surface area contributed by atoms with E-state index in [1.165, 1.54) is 6.08 Å². The maximum atomic E-state index is 15.2. The second kappa shape index (κ2) is 12.1.